The van der Waals surface area contributed by atoms with Crippen LogP contribution in [-0.4, -0.2) is 23.9 Å². The van der Waals surface area contributed by atoms with Crippen LogP contribution < -0.4 is 16.0 Å². The summed E-state index contributed by atoms with van der Waals surface area (Å²) in [5.41, 5.74) is 8.68. The third-order valence-electron chi connectivity index (χ3n) is 3.94. The van der Waals surface area contributed by atoms with Crippen molar-refractivity contribution < 1.29 is 9.72 Å². The van der Waals surface area contributed by atoms with E-state index < -0.39 is 4.92 Å². The molecule has 2 rings (SSSR count). The van der Waals surface area contributed by atoms with E-state index in [0.29, 0.717) is 28.7 Å². The molecule has 0 aliphatic heterocycles. The van der Waals surface area contributed by atoms with Crippen molar-refractivity contribution in [2.45, 2.75) is 27.2 Å². The van der Waals surface area contributed by atoms with Crippen LogP contribution in [0.5, 0.6) is 0 Å². The largest absolute Gasteiger partial charge is 0.398 e. The minimum atomic E-state index is -0.447. The number of nitrogens with two attached hydrogens (primary N) is 1. The lowest BCUT2D eigenvalue weighted by atomic mass is 10.2. The van der Waals surface area contributed by atoms with Gasteiger partial charge in [-0.15, -0.1) is 0 Å². The highest BCUT2D eigenvalue weighted by atomic mass is 79.9. The number of nitriles is 1. The molecule has 0 radical (unpaired) electrons. The Morgan fingerprint density at radius 1 is 1.38 bits per heavy atom. The molecule has 0 aliphatic rings. The average molecular weight is 462 g/mol. The van der Waals surface area contributed by atoms with E-state index in [1.54, 1.807) is 6.92 Å². The number of rotatable bonds is 6. The van der Waals surface area contributed by atoms with Crippen molar-refractivity contribution in [3.63, 3.8) is 0 Å². The number of non-ortho nitro benzene ring substituents is 1. The van der Waals surface area contributed by atoms with Crippen LogP contribution >= 0.6 is 15.9 Å². The Kier molecular flexibility index (Phi) is 9.62. The minimum Gasteiger partial charge on any atom is -0.398 e. The number of amides is 1. The van der Waals surface area contributed by atoms with E-state index in [0.717, 1.165) is 17.9 Å². The van der Waals surface area contributed by atoms with E-state index in [-0.39, 0.29) is 11.6 Å². The molecule has 3 N–H and O–H groups in total. The second-order valence-corrected chi connectivity index (χ2v) is 6.99. The van der Waals surface area contributed by atoms with Gasteiger partial charge in [0.1, 0.15) is 0 Å². The smallest absolute Gasteiger partial charge is 0.270 e. The number of nitrogens with zero attached hydrogens (tertiary/aromatic N) is 3. The monoisotopic (exact) mass is 461 g/mol. The summed E-state index contributed by atoms with van der Waals surface area (Å²) in [6, 6.07) is 12.6. The first-order chi connectivity index (χ1) is 13.7. The Morgan fingerprint density at radius 2 is 2.07 bits per heavy atom. The van der Waals surface area contributed by atoms with Crippen molar-refractivity contribution in [3.8, 4) is 6.07 Å². The zero-order valence-electron chi connectivity index (χ0n) is 16.6. The molecule has 0 bridgehead atoms. The summed E-state index contributed by atoms with van der Waals surface area (Å²) >= 11 is 3.14. The molecule has 2 aromatic rings. The van der Waals surface area contributed by atoms with Crippen LogP contribution in [0.25, 0.3) is 0 Å². The Morgan fingerprint density at radius 3 is 2.59 bits per heavy atom. The number of benzene rings is 2. The molecule has 2 aromatic carbocycles. The van der Waals surface area contributed by atoms with E-state index in [9.17, 15) is 14.9 Å². The Bertz CT molecular complexity index is 888. The minimum absolute atomic E-state index is 0.0496. The Labute approximate surface area is 178 Å². The van der Waals surface area contributed by atoms with Crippen LogP contribution in [-0.2, 0) is 4.79 Å². The molecular weight excluding hydrogens is 438 g/mol. The third-order valence-corrected chi connectivity index (χ3v) is 4.59. The second kappa shape index (κ2) is 11.7. The van der Waals surface area contributed by atoms with Gasteiger partial charge >= 0.3 is 0 Å². The van der Waals surface area contributed by atoms with E-state index >= 15 is 0 Å². The van der Waals surface area contributed by atoms with Crippen LogP contribution in [0.2, 0.25) is 0 Å². The molecule has 0 saturated carbocycles. The van der Waals surface area contributed by atoms with Crippen LogP contribution in [0.3, 0.4) is 0 Å². The van der Waals surface area contributed by atoms with Crippen molar-refractivity contribution in [1.82, 2.24) is 0 Å². The summed E-state index contributed by atoms with van der Waals surface area (Å²) in [4.78, 5) is 23.0. The van der Waals surface area contributed by atoms with Crippen molar-refractivity contribution in [2.75, 3.05) is 29.0 Å². The first-order valence-electron chi connectivity index (χ1n) is 8.89. The Hall–Kier alpha value is -3.12. The van der Waals surface area contributed by atoms with Crippen LogP contribution in [0, 0.1) is 28.4 Å². The van der Waals surface area contributed by atoms with Gasteiger partial charge in [0.05, 0.1) is 17.4 Å². The lowest BCUT2D eigenvalue weighted by Gasteiger charge is -2.22. The topological polar surface area (TPSA) is 125 Å². The van der Waals surface area contributed by atoms with Crippen LogP contribution in [0.1, 0.15) is 25.8 Å². The highest BCUT2D eigenvalue weighted by Gasteiger charge is 2.10. The predicted octanol–water partition coefficient (Wildman–Crippen LogP) is 4.63. The van der Waals surface area contributed by atoms with Gasteiger partial charge in [-0.05, 0) is 53.5 Å². The average Bonchev–Trinajstić information content (AvgIpc) is 2.66. The molecule has 0 aromatic heterocycles. The van der Waals surface area contributed by atoms with E-state index in [2.05, 4.69) is 32.2 Å². The summed E-state index contributed by atoms with van der Waals surface area (Å²) in [5.74, 6) is -0.0813. The zero-order chi connectivity index (χ0) is 22.0. The highest BCUT2D eigenvalue weighted by molar-refractivity contribution is 9.10. The fourth-order valence-electron chi connectivity index (χ4n) is 2.48. The van der Waals surface area contributed by atoms with Gasteiger partial charge < -0.3 is 16.0 Å². The molecule has 1 amide bonds. The number of hydrogen-bond acceptors (Lipinski definition) is 6. The van der Waals surface area contributed by atoms with Crippen LogP contribution in [0.4, 0.5) is 22.7 Å². The maximum Gasteiger partial charge on any atom is 0.270 e. The number of hydrogen-bond donors (Lipinski definition) is 2. The fourth-order valence-corrected chi connectivity index (χ4v) is 3.03. The van der Waals surface area contributed by atoms with Gasteiger partial charge in [0.2, 0.25) is 5.91 Å². The number of aryl methyl sites for hydroxylation is 1. The quantitative estimate of drug-likeness (QED) is 0.366. The van der Waals surface area contributed by atoms with E-state index in [1.807, 2.05) is 31.2 Å². The second-order valence-electron chi connectivity index (χ2n) is 6.13. The van der Waals surface area contributed by atoms with Gasteiger partial charge in [-0.25, -0.2) is 0 Å². The lowest BCUT2D eigenvalue weighted by Crippen LogP contribution is -2.23. The molecule has 0 fully saturated rings. The first-order valence-corrected chi connectivity index (χ1v) is 9.68. The normalized spacial score (nSPS) is 9.62. The number of carbonyl (C=O) groups is 1. The molecule has 9 heteroatoms. The third kappa shape index (κ3) is 7.79. The predicted molar refractivity (Wildman–Crippen MR) is 119 cm³/mol. The van der Waals surface area contributed by atoms with Gasteiger partial charge in [-0.3, -0.25) is 14.9 Å². The molecule has 154 valence electrons. The number of anilines is 3. The maximum atomic E-state index is 11.0. The summed E-state index contributed by atoms with van der Waals surface area (Å²) in [5, 5.41) is 21.7. The van der Waals surface area contributed by atoms with Crippen molar-refractivity contribution in [1.29, 1.82) is 5.26 Å². The van der Waals surface area contributed by atoms with Crippen molar-refractivity contribution in [3.05, 3.63) is 56.5 Å². The summed E-state index contributed by atoms with van der Waals surface area (Å²) in [6.07, 6.45) is 0.498. The van der Waals surface area contributed by atoms with Gasteiger partial charge in [0.15, 0.2) is 0 Å². The maximum absolute atomic E-state index is 11.0. The zero-order valence-corrected chi connectivity index (χ0v) is 18.2. The van der Waals surface area contributed by atoms with E-state index in [4.69, 9.17) is 11.0 Å². The van der Waals surface area contributed by atoms with Gasteiger partial charge in [0.25, 0.3) is 5.69 Å². The lowest BCUT2D eigenvalue weighted by molar-refractivity contribution is -0.385. The Balaban J connectivity index is 0.000000308. The molecular formula is C20H24BrN5O3. The first kappa shape index (κ1) is 23.9. The van der Waals surface area contributed by atoms with Crippen molar-refractivity contribution >= 4 is 44.6 Å². The molecule has 0 unspecified atom stereocenters. The van der Waals surface area contributed by atoms with Crippen molar-refractivity contribution in [2.24, 2.45) is 0 Å². The van der Waals surface area contributed by atoms with Gasteiger partial charge in [0, 0.05) is 53.7 Å². The molecule has 0 spiro atoms. The molecule has 0 saturated heterocycles. The number of carbonyl (C=O) groups excluding carboxylic acids is 1. The SMILES string of the molecule is CCN(CCC#N)c1cccc(NC(C)=O)c1.Cc1cc([N+](=O)[O-])cc(Br)c1N. The fraction of sp³-hybridized carbons (Fsp3) is 0.300. The summed E-state index contributed by atoms with van der Waals surface area (Å²) in [7, 11) is 0. The molecule has 8 nitrogen and oxygen atoms in total. The van der Waals surface area contributed by atoms with Gasteiger partial charge in [-0.1, -0.05) is 6.07 Å². The highest BCUT2D eigenvalue weighted by Crippen LogP contribution is 2.28. The summed E-state index contributed by atoms with van der Waals surface area (Å²) in [6.45, 7) is 6.80. The molecule has 0 heterocycles. The molecule has 0 atom stereocenters. The number of nitrogens with one attached hydrogen (secondary N) is 1. The standard InChI is InChI=1S/C13H17N3O.C7H7BrN2O2/c1-3-16(9-5-8-14)13-7-4-6-12(10-13)15-11(2)17;1-4-2-5(10(11)12)3-6(8)7(4)9/h4,6-7,10H,3,5,9H2,1-2H3,(H,15,17);2-3H,9H2,1H3. The van der Waals surface area contributed by atoms with Crippen LogP contribution in [0.15, 0.2) is 40.9 Å². The molecule has 0 aliphatic carbocycles. The number of nitrogen functional groups attached to an aromatic ring is 1. The van der Waals surface area contributed by atoms with E-state index in [1.165, 1.54) is 19.1 Å². The number of nitro benzene ring substituents is 1. The number of halogens is 1. The molecule has 29 heavy (non-hydrogen) atoms. The van der Waals surface area contributed by atoms with Gasteiger partial charge in [-0.2, -0.15) is 5.26 Å². The summed E-state index contributed by atoms with van der Waals surface area (Å²) < 4.78 is 0.564. The number of nitro groups is 1.